The fourth-order valence-corrected chi connectivity index (χ4v) is 4.30. The molecule has 1 aliphatic rings. The minimum Gasteiger partial charge on any atom is -0.489 e. The van der Waals surface area contributed by atoms with Gasteiger partial charge in [-0.05, 0) is 93.5 Å². The number of carbonyl (C=O) groups excluding carboxylic acids is 2. The molecule has 0 aromatic heterocycles. The number of amides is 2. The average Bonchev–Trinajstić information content (AvgIpc) is 3.07. The Morgan fingerprint density at radius 1 is 0.939 bits per heavy atom. The number of hydrogen-bond donors (Lipinski definition) is 0. The van der Waals surface area contributed by atoms with Gasteiger partial charge in [0.05, 0.1) is 16.4 Å². The molecule has 7 nitrogen and oxygen atoms in total. The van der Waals surface area contributed by atoms with Crippen LogP contribution in [0.5, 0.6) is 5.75 Å². The summed E-state index contributed by atoms with van der Waals surface area (Å²) < 4.78 is 6.81. The number of imide groups is 1. The number of benzene rings is 3. The van der Waals surface area contributed by atoms with Crippen molar-refractivity contribution in [1.82, 2.24) is 4.90 Å². The molecule has 1 saturated heterocycles. The van der Waals surface area contributed by atoms with Gasteiger partial charge in [0.25, 0.3) is 16.8 Å². The lowest BCUT2D eigenvalue weighted by atomic mass is 10.2. The molecule has 0 aliphatic carbocycles. The number of nitrogens with zero attached hydrogens (tertiary/aromatic N) is 2. The molecule has 0 radical (unpaired) electrons. The van der Waals surface area contributed by atoms with Gasteiger partial charge in [0.2, 0.25) is 0 Å². The summed E-state index contributed by atoms with van der Waals surface area (Å²) in [5, 5.41) is 10.4. The van der Waals surface area contributed by atoms with Crippen molar-refractivity contribution < 1.29 is 19.2 Å². The standard InChI is InChI=1S/C24H17IN2O5S/c25-19-7-1-17(2-8-19)14-26-23(28)22(33-24(26)29)13-16-5-11-21(12-6-16)32-15-18-3-9-20(10-4-18)27(30)31/h1-13H,14-15H2/b22-13-. The molecular weight excluding hydrogens is 555 g/mol. The summed E-state index contributed by atoms with van der Waals surface area (Å²) in [6.45, 7) is 0.517. The zero-order chi connectivity index (χ0) is 23.4. The third kappa shape index (κ3) is 5.79. The second-order valence-electron chi connectivity index (χ2n) is 7.18. The van der Waals surface area contributed by atoms with Crippen LogP contribution >= 0.6 is 34.4 Å². The van der Waals surface area contributed by atoms with Crippen LogP contribution < -0.4 is 4.74 Å². The molecule has 2 amide bonds. The molecular formula is C24H17IN2O5S. The summed E-state index contributed by atoms with van der Waals surface area (Å²) in [6.07, 6.45) is 1.69. The monoisotopic (exact) mass is 572 g/mol. The van der Waals surface area contributed by atoms with Crippen molar-refractivity contribution >= 4 is 57.3 Å². The van der Waals surface area contributed by atoms with E-state index in [0.717, 1.165) is 32.0 Å². The molecule has 33 heavy (non-hydrogen) atoms. The Bertz CT molecular complexity index is 1230. The van der Waals surface area contributed by atoms with Crippen LogP contribution in [-0.4, -0.2) is 21.0 Å². The number of non-ortho nitro benzene ring substituents is 1. The first-order valence-corrected chi connectivity index (χ1v) is 11.7. The van der Waals surface area contributed by atoms with Crippen molar-refractivity contribution in [2.75, 3.05) is 0 Å². The number of carbonyl (C=O) groups is 2. The predicted molar refractivity (Wildman–Crippen MR) is 135 cm³/mol. The van der Waals surface area contributed by atoms with Gasteiger partial charge in [-0.3, -0.25) is 24.6 Å². The van der Waals surface area contributed by atoms with E-state index in [0.29, 0.717) is 10.7 Å². The first kappa shape index (κ1) is 23.0. The van der Waals surface area contributed by atoms with Gasteiger partial charge >= 0.3 is 0 Å². The molecule has 0 unspecified atom stereocenters. The third-order valence-electron chi connectivity index (χ3n) is 4.86. The molecule has 1 aliphatic heterocycles. The first-order valence-electron chi connectivity index (χ1n) is 9.85. The highest BCUT2D eigenvalue weighted by Crippen LogP contribution is 2.33. The largest absolute Gasteiger partial charge is 0.489 e. The second kappa shape index (κ2) is 10.2. The Labute approximate surface area is 207 Å². The van der Waals surface area contributed by atoms with Gasteiger partial charge in [-0.1, -0.05) is 24.3 Å². The van der Waals surface area contributed by atoms with Crippen molar-refractivity contribution in [3.8, 4) is 5.75 Å². The third-order valence-corrected chi connectivity index (χ3v) is 6.48. The summed E-state index contributed by atoms with van der Waals surface area (Å²) in [5.74, 6) is 0.319. The Hall–Kier alpha value is -3.18. The highest BCUT2D eigenvalue weighted by Gasteiger charge is 2.34. The lowest BCUT2D eigenvalue weighted by Gasteiger charge is -2.12. The van der Waals surface area contributed by atoms with Crippen LogP contribution in [0.2, 0.25) is 0 Å². The Morgan fingerprint density at radius 2 is 1.58 bits per heavy atom. The highest BCUT2D eigenvalue weighted by atomic mass is 127. The van der Waals surface area contributed by atoms with E-state index in [1.807, 2.05) is 24.3 Å². The molecule has 166 valence electrons. The summed E-state index contributed by atoms with van der Waals surface area (Å²) in [5.41, 5.74) is 2.52. The van der Waals surface area contributed by atoms with Crippen molar-refractivity contribution in [2.45, 2.75) is 13.2 Å². The van der Waals surface area contributed by atoms with E-state index in [4.69, 9.17) is 4.74 Å². The number of hydrogen-bond acceptors (Lipinski definition) is 6. The normalized spacial score (nSPS) is 14.7. The molecule has 1 fully saturated rings. The molecule has 3 aromatic carbocycles. The maximum absolute atomic E-state index is 12.7. The summed E-state index contributed by atoms with van der Waals surface area (Å²) in [7, 11) is 0. The fraction of sp³-hybridized carbons (Fsp3) is 0.0833. The lowest BCUT2D eigenvalue weighted by molar-refractivity contribution is -0.384. The lowest BCUT2D eigenvalue weighted by Crippen LogP contribution is -2.27. The van der Waals surface area contributed by atoms with Crippen LogP contribution in [0.15, 0.2) is 77.7 Å². The fourth-order valence-electron chi connectivity index (χ4n) is 3.10. The number of halogens is 1. The second-order valence-corrected chi connectivity index (χ2v) is 9.41. The number of nitro benzene ring substituents is 1. The van der Waals surface area contributed by atoms with Gasteiger partial charge in [0.1, 0.15) is 12.4 Å². The quantitative estimate of drug-likeness (QED) is 0.149. The maximum atomic E-state index is 12.7. The molecule has 1 heterocycles. The van der Waals surface area contributed by atoms with Gasteiger partial charge in [-0.15, -0.1) is 0 Å². The number of nitro groups is 1. The smallest absolute Gasteiger partial charge is 0.293 e. The van der Waals surface area contributed by atoms with Crippen LogP contribution in [0, 0.1) is 13.7 Å². The highest BCUT2D eigenvalue weighted by molar-refractivity contribution is 14.1. The Kier molecular flexibility index (Phi) is 7.09. The number of ether oxygens (including phenoxy) is 1. The maximum Gasteiger partial charge on any atom is 0.293 e. The zero-order valence-corrected chi connectivity index (χ0v) is 20.1. The van der Waals surface area contributed by atoms with Crippen LogP contribution in [0.25, 0.3) is 6.08 Å². The predicted octanol–water partition coefficient (Wildman–Crippen LogP) is 6.01. The zero-order valence-electron chi connectivity index (χ0n) is 17.1. The van der Waals surface area contributed by atoms with E-state index in [2.05, 4.69) is 22.6 Å². The summed E-state index contributed by atoms with van der Waals surface area (Å²) >= 11 is 3.14. The van der Waals surface area contributed by atoms with Crippen molar-refractivity contribution in [2.24, 2.45) is 0 Å². The topological polar surface area (TPSA) is 89.7 Å². The number of thioether (sulfide) groups is 1. The van der Waals surface area contributed by atoms with E-state index in [1.54, 1.807) is 42.5 Å². The molecule has 9 heteroatoms. The number of rotatable bonds is 7. The van der Waals surface area contributed by atoms with Gasteiger partial charge in [-0.25, -0.2) is 0 Å². The van der Waals surface area contributed by atoms with Gasteiger partial charge in [-0.2, -0.15) is 0 Å². The van der Waals surface area contributed by atoms with Gasteiger partial charge in [0, 0.05) is 15.7 Å². The molecule has 0 saturated carbocycles. The summed E-state index contributed by atoms with van der Waals surface area (Å²) in [6, 6.07) is 21.0. The molecule has 0 spiro atoms. The molecule has 0 atom stereocenters. The van der Waals surface area contributed by atoms with Gasteiger partial charge < -0.3 is 4.74 Å². The van der Waals surface area contributed by atoms with E-state index < -0.39 is 4.92 Å². The van der Waals surface area contributed by atoms with Crippen LogP contribution in [0.3, 0.4) is 0 Å². The van der Waals surface area contributed by atoms with E-state index in [1.165, 1.54) is 17.0 Å². The molecule has 4 rings (SSSR count). The van der Waals surface area contributed by atoms with Crippen molar-refractivity contribution in [3.05, 3.63) is 108 Å². The minimum absolute atomic E-state index is 0.0334. The van der Waals surface area contributed by atoms with Crippen LogP contribution in [-0.2, 0) is 17.9 Å². The van der Waals surface area contributed by atoms with E-state index in [-0.39, 0.29) is 30.0 Å². The van der Waals surface area contributed by atoms with E-state index >= 15 is 0 Å². The van der Waals surface area contributed by atoms with Crippen molar-refractivity contribution in [1.29, 1.82) is 0 Å². The molecule has 0 bridgehead atoms. The first-order chi connectivity index (χ1) is 15.9. The summed E-state index contributed by atoms with van der Waals surface area (Å²) in [4.78, 5) is 37.0. The SMILES string of the molecule is O=C1S/C(=C\c2ccc(OCc3ccc([N+](=O)[O-])cc3)cc2)C(=O)N1Cc1ccc(I)cc1. The average molecular weight is 572 g/mol. The Morgan fingerprint density at radius 3 is 2.21 bits per heavy atom. The minimum atomic E-state index is -0.444. The molecule has 3 aromatic rings. The van der Waals surface area contributed by atoms with Crippen LogP contribution in [0.1, 0.15) is 16.7 Å². The van der Waals surface area contributed by atoms with Gasteiger partial charge in [0.15, 0.2) is 0 Å². The van der Waals surface area contributed by atoms with Crippen molar-refractivity contribution in [3.63, 3.8) is 0 Å². The molecule has 0 N–H and O–H groups in total. The Balaban J connectivity index is 1.37. The van der Waals surface area contributed by atoms with E-state index in [9.17, 15) is 19.7 Å². The van der Waals surface area contributed by atoms with Crippen LogP contribution in [0.4, 0.5) is 10.5 Å².